The number of nitrogens with zero attached hydrogens (tertiary/aromatic N) is 3. The molecule has 0 radical (unpaired) electrons. The zero-order valence-corrected chi connectivity index (χ0v) is 10.8. The predicted molar refractivity (Wildman–Crippen MR) is 68.1 cm³/mol. The van der Waals surface area contributed by atoms with Crippen LogP contribution in [0.5, 0.6) is 0 Å². The quantitative estimate of drug-likeness (QED) is 0.881. The summed E-state index contributed by atoms with van der Waals surface area (Å²) in [6.45, 7) is 5.66. The summed E-state index contributed by atoms with van der Waals surface area (Å²) in [7, 11) is 0. The Labute approximate surface area is 107 Å². The molecule has 0 aliphatic carbocycles. The predicted octanol–water partition coefficient (Wildman–Crippen LogP) is 1.88. The summed E-state index contributed by atoms with van der Waals surface area (Å²) in [5, 5.41) is 12.2. The molecule has 5 heteroatoms. The summed E-state index contributed by atoms with van der Waals surface area (Å²) in [4.78, 5) is 8.48. The van der Waals surface area contributed by atoms with E-state index in [0.29, 0.717) is 23.6 Å². The lowest BCUT2D eigenvalue weighted by atomic mass is 9.93. The van der Waals surface area contributed by atoms with Gasteiger partial charge in [-0.05, 0) is 38.7 Å². The molecule has 2 rings (SSSR count). The molecule has 0 bridgehead atoms. The number of anilines is 1. The van der Waals surface area contributed by atoms with Gasteiger partial charge < -0.3 is 10.1 Å². The highest BCUT2D eigenvalue weighted by molar-refractivity contribution is 5.33. The lowest BCUT2D eigenvalue weighted by Crippen LogP contribution is -2.31. The van der Waals surface area contributed by atoms with E-state index in [-0.39, 0.29) is 0 Å². The van der Waals surface area contributed by atoms with E-state index in [1.54, 1.807) is 6.07 Å². The molecule has 0 saturated carbocycles. The highest BCUT2D eigenvalue weighted by Gasteiger charge is 2.21. The third-order valence-electron chi connectivity index (χ3n) is 3.30. The molecule has 1 atom stereocenters. The maximum Gasteiger partial charge on any atom is 0.224 e. The number of nitriles is 1. The number of rotatable bonds is 3. The van der Waals surface area contributed by atoms with E-state index in [1.807, 2.05) is 13.0 Å². The van der Waals surface area contributed by atoms with Crippen molar-refractivity contribution in [3.63, 3.8) is 0 Å². The number of ether oxygens (including phenoxy) is 1. The lowest BCUT2D eigenvalue weighted by Gasteiger charge is -2.28. The van der Waals surface area contributed by atoms with Gasteiger partial charge in [0.1, 0.15) is 11.8 Å². The average molecular weight is 246 g/mol. The van der Waals surface area contributed by atoms with Crippen molar-refractivity contribution in [2.24, 2.45) is 5.92 Å². The molecule has 2 heterocycles. The normalized spacial score (nSPS) is 18.1. The van der Waals surface area contributed by atoms with Gasteiger partial charge in [-0.3, -0.25) is 0 Å². The van der Waals surface area contributed by atoms with Crippen molar-refractivity contribution >= 4 is 5.95 Å². The van der Waals surface area contributed by atoms with Crippen LogP contribution in [0.2, 0.25) is 0 Å². The van der Waals surface area contributed by atoms with E-state index in [9.17, 15) is 0 Å². The average Bonchev–Trinajstić information content (AvgIpc) is 2.39. The molecule has 18 heavy (non-hydrogen) atoms. The molecule has 0 aromatic carbocycles. The Hall–Kier alpha value is -1.67. The summed E-state index contributed by atoms with van der Waals surface area (Å²) in [6.07, 6.45) is 2.12. The first-order valence-electron chi connectivity index (χ1n) is 6.29. The summed E-state index contributed by atoms with van der Waals surface area (Å²) in [5.74, 6) is 1.12. The Balaban J connectivity index is 2.04. The fraction of sp³-hybridized carbons (Fsp3) is 0.615. The Morgan fingerprint density at radius 1 is 1.44 bits per heavy atom. The van der Waals surface area contributed by atoms with Crippen LogP contribution in [0.25, 0.3) is 0 Å². The van der Waals surface area contributed by atoms with Crippen LogP contribution in [-0.2, 0) is 4.74 Å². The SMILES string of the molecule is Cc1cc(C#N)nc(NC(C)C2CCOCC2)n1. The number of nitrogens with one attached hydrogen (secondary N) is 1. The van der Waals surface area contributed by atoms with Crippen LogP contribution in [0, 0.1) is 24.2 Å². The Bertz CT molecular complexity index is 449. The molecule has 1 N–H and O–H groups in total. The van der Waals surface area contributed by atoms with Crippen LogP contribution in [0.4, 0.5) is 5.95 Å². The molecular weight excluding hydrogens is 228 g/mol. The van der Waals surface area contributed by atoms with Gasteiger partial charge in [0.05, 0.1) is 0 Å². The van der Waals surface area contributed by atoms with Gasteiger partial charge in [-0.25, -0.2) is 9.97 Å². The molecular formula is C13H18N4O. The molecule has 1 unspecified atom stereocenters. The van der Waals surface area contributed by atoms with Crippen molar-refractivity contribution < 1.29 is 4.74 Å². The minimum Gasteiger partial charge on any atom is -0.381 e. The molecule has 0 amide bonds. The zero-order valence-electron chi connectivity index (χ0n) is 10.8. The van der Waals surface area contributed by atoms with Crippen molar-refractivity contribution in [2.45, 2.75) is 32.7 Å². The van der Waals surface area contributed by atoms with Gasteiger partial charge in [-0.1, -0.05) is 0 Å². The molecule has 1 aliphatic rings. The lowest BCUT2D eigenvalue weighted by molar-refractivity contribution is 0.0621. The zero-order chi connectivity index (χ0) is 13.0. The number of hydrogen-bond donors (Lipinski definition) is 1. The molecule has 96 valence electrons. The van der Waals surface area contributed by atoms with Gasteiger partial charge in [0.15, 0.2) is 0 Å². The summed E-state index contributed by atoms with van der Waals surface area (Å²) in [5.41, 5.74) is 1.22. The molecule has 1 saturated heterocycles. The van der Waals surface area contributed by atoms with Crippen LogP contribution < -0.4 is 5.32 Å². The first kappa shape index (κ1) is 12.8. The van der Waals surface area contributed by atoms with Gasteiger partial charge in [0.25, 0.3) is 0 Å². The van der Waals surface area contributed by atoms with Crippen LogP contribution in [0.15, 0.2) is 6.07 Å². The highest BCUT2D eigenvalue weighted by Crippen LogP contribution is 2.20. The second-order valence-electron chi connectivity index (χ2n) is 4.71. The Morgan fingerprint density at radius 2 is 2.17 bits per heavy atom. The van der Waals surface area contributed by atoms with Crippen LogP contribution in [0.3, 0.4) is 0 Å². The second kappa shape index (κ2) is 5.78. The van der Waals surface area contributed by atoms with E-state index in [0.717, 1.165) is 31.7 Å². The number of hydrogen-bond acceptors (Lipinski definition) is 5. The third kappa shape index (κ3) is 3.17. The van der Waals surface area contributed by atoms with Gasteiger partial charge >= 0.3 is 0 Å². The largest absolute Gasteiger partial charge is 0.381 e. The minimum atomic E-state index is 0.294. The van der Waals surface area contributed by atoms with Crippen LogP contribution in [-0.4, -0.2) is 29.2 Å². The van der Waals surface area contributed by atoms with Gasteiger partial charge in [-0.2, -0.15) is 5.26 Å². The van der Waals surface area contributed by atoms with E-state index in [1.165, 1.54) is 0 Å². The third-order valence-corrected chi connectivity index (χ3v) is 3.30. The Kier molecular flexibility index (Phi) is 4.11. The standard InChI is InChI=1S/C13H18N4O/c1-9-7-12(8-14)17-13(15-9)16-10(2)11-3-5-18-6-4-11/h7,10-11H,3-6H2,1-2H3,(H,15,16,17). The van der Waals surface area contributed by atoms with E-state index >= 15 is 0 Å². The minimum absolute atomic E-state index is 0.294. The fourth-order valence-electron chi connectivity index (χ4n) is 2.23. The van der Waals surface area contributed by atoms with Crippen molar-refractivity contribution in [3.8, 4) is 6.07 Å². The van der Waals surface area contributed by atoms with Crippen LogP contribution in [0.1, 0.15) is 31.2 Å². The van der Waals surface area contributed by atoms with Crippen molar-refractivity contribution in [3.05, 3.63) is 17.5 Å². The monoisotopic (exact) mass is 246 g/mol. The second-order valence-corrected chi connectivity index (χ2v) is 4.71. The molecule has 1 fully saturated rings. The maximum absolute atomic E-state index is 8.88. The first-order chi connectivity index (χ1) is 8.69. The van der Waals surface area contributed by atoms with Gasteiger partial charge in [0, 0.05) is 24.9 Å². The molecule has 1 aliphatic heterocycles. The fourth-order valence-corrected chi connectivity index (χ4v) is 2.23. The van der Waals surface area contributed by atoms with E-state index in [2.05, 4.69) is 22.2 Å². The number of aryl methyl sites for hydroxylation is 1. The topological polar surface area (TPSA) is 70.8 Å². The van der Waals surface area contributed by atoms with Crippen molar-refractivity contribution in [1.29, 1.82) is 5.26 Å². The highest BCUT2D eigenvalue weighted by atomic mass is 16.5. The molecule has 5 nitrogen and oxygen atoms in total. The molecule has 0 spiro atoms. The number of aromatic nitrogens is 2. The summed E-state index contributed by atoms with van der Waals surface area (Å²) >= 11 is 0. The van der Waals surface area contributed by atoms with Crippen LogP contribution >= 0.6 is 0 Å². The molecule has 1 aromatic heterocycles. The van der Waals surface area contributed by atoms with Gasteiger partial charge in [0.2, 0.25) is 5.95 Å². The summed E-state index contributed by atoms with van der Waals surface area (Å²) < 4.78 is 5.35. The van der Waals surface area contributed by atoms with Crippen molar-refractivity contribution in [1.82, 2.24) is 9.97 Å². The smallest absolute Gasteiger partial charge is 0.224 e. The van der Waals surface area contributed by atoms with Gasteiger partial charge in [-0.15, -0.1) is 0 Å². The molecule has 1 aromatic rings. The van der Waals surface area contributed by atoms with E-state index in [4.69, 9.17) is 10.00 Å². The Morgan fingerprint density at radius 3 is 2.83 bits per heavy atom. The maximum atomic E-state index is 8.88. The van der Waals surface area contributed by atoms with E-state index < -0.39 is 0 Å². The first-order valence-corrected chi connectivity index (χ1v) is 6.29. The summed E-state index contributed by atoms with van der Waals surface area (Å²) in [6, 6.07) is 4.03. The van der Waals surface area contributed by atoms with Crippen molar-refractivity contribution in [2.75, 3.05) is 18.5 Å².